The molecular weight excluding hydrogens is 326 g/mol. The number of hydrogen-bond acceptors (Lipinski definition) is 3. The van der Waals surface area contributed by atoms with Crippen LogP contribution in [0.25, 0.3) is 0 Å². The zero-order valence-corrected chi connectivity index (χ0v) is 13.2. The molecule has 100 valence electrons. The minimum absolute atomic E-state index is 0.520. The molecule has 0 fully saturated rings. The Balaban J connectivity index is 2.37. The van der Waals surface area contributed by atoms with Crippen LogP contribution in [-0.4, -0.2) is 9.97 Å². The second-order valence-electron chi connectivity index (χ2n) is 4.33. The predicted molar refractivity (Wildman–Crippen MR) is 83.2 cm³/mol. The number of benzene rings is 1. The van der Waals surface area contributed by atoms with Crippen LogP contribution in [0.15, 0.2) is 29.0 Å². The summed E-state index contributed by atoms with van der Waals surface area (Å²) in [6.07, 6.45) is 3.34. The summed E-state index contributed by atoms with van der Waals surface area (Å²) in [5.74, 6) is 0.781. The van der Waals surface area contributed by atoms with Gasteiger partial charge in [0.1, 0.15) is 17.3 Å². The highest BCUT2D eigenvalue weighted by molar-refractivity contribution is 9.10. The van der Waals surface area contributed by atoms with Crippen molar-refractivity contribution in [1.82, 2.24) is 9.97 Å². The standard InChI is InChI=1S/C14H15BrClN3/c1-3-4-11-13(16)17-8-18-14(11)19-12-7-10(15)6-5-9(12)2/h5-8H,3-4H2,1-2H3,(H,17,18,19). The lowest BCUT2D eigenvalue weighted by Gasteiger charge is -2.13. The summed E-state index contributed by atoms with van der Waals surface area (Å²) in [7, 11) is 0. The predicted octanol–water partition coefficient (Wildman–Crippen LogP) is 4.90. The maximum absolute atomic E-state index is 6.15. The second kappa shape index (κ2) is 6.35. The summed E-state index contributed by atoms with van der Waals surface area (Å²) >= 11 is 9.62. The monoisotopic (exact) mass is 339 g/mol. The van der Waals surface area contributed by atoms with Crippen molar-refractivity contribution in [2.24, 2.45) is 0 Å². The quantitative estimate of drug-likeness (QED) is 0.805. The molecule has 1 N–H and O–H groups in total. The van der Waals surface area contributed by atoms with Crippen molar-refractivity contribution in [2.75, 3.05) is 5.32 Å². The molecule has 0 aliphatic heterocycles. The van der Waals surface area contributed by atoms with E-state index in [0.717, 1.165) is 39.9 Å². The number of halogens is 2. The van der Waals surface area contributed by atoms with E-state index >= 15 is 0 Å². The van der Waals surface area contributed by atoms with Gasteiger partial charge in [-0.1, -0.05) is 46.9 Å². The fourth-order valence-corrected chi connectivity index (χ4v) is 2.42. The van der Waals surface area contributed by atoms with Gasteiger partial charge in [-0.15, -0.1) is 0 Å². The Morgan fingerprint density at radius 1 is 1.32 bits per heavy atom. The smallest absolute Gasteiger partial charge is 0.138 e. The third-order valence-electron chi connectivity index (χ3n) is 2.85. The molecule has 19 heavy (non-hydrogen) atoms. The molecule has 0 saturated carbocycles. The Kier molecular flexibility index (Phi) is 4.77. The Morgan fingerprint density at radius 3 is 2.84 bits per heavy atom. The molecule has 0 amide bonds. The maximum Gasteiger partial charge on any atom is 0.138 e. The third-order valence-corrected chi connectivity index (χ3v) is 3.66. The summed E-state index contributed by atoms with van der Waals surface area (Å²) in [5, 5.41) is 3.86. The number of aromatic nitrogens is 2. The van der Waals surface area contributed by atoms with Gasteiger partial charge in [-0.3, -0.25) is 0 Å². The Labute approximate surface area is 126 Å². The number of hydrogen-bond donors (Lipinski definition) is 1. The molecule has 0 aliphatic carbocycles. The Morgan fingerprint density at radius 2 is 2.11 bits per heavy atom. The minimum Gasteiger partial charge on any atom is -0.340 e. The van der Waals surface area contributed by atoms with E-state index in [1.54, 1.807) is 0 Å². The molecule has 0 aliphatic rings. The van der Waals surface area contributed by atoms with Gasteiger partial charge in [0.05, 0.1) is 0 Å². The van der Waals surface area contributed by atoms with Gasteiger partial charge in [-0.2, -0.15) is 0 Å². The summed E-state index contributed by atoms with van der Waals surface area (Å²) in [6.45, 7) is 4.16. The van der Waals surface area contributed by atoms with Gasteiger partial charge in [0, 0.05) is 15.7 Å². The van der Waals surface area contributed by atoms with Crippen molar-refractivity contribution in [3.05, 3.63) is 45.3 Å². The van der Waals surface area contributed by atoms with E-state index in [1.165, 1.54) is 6.33 Å². The zero-order chi connectivity index (χ0) is 13.8. The van der Waals surface area contributed by atoms with Crippen LogP contribution < -0.4 is 5.32 Å². The van der Waals surface area contributed by atoms with Crippen molar-refractivity contribution in [3.63, 3.8) is 0 Å². The fraction of sp³-hybridized carbons (Fsp3) is 0.286. The van der Waals surface area contributed by atoms with Crippen LogP contribution in [0.4, 0.5) is 11.5 Å². The molecule has 0 spiro atoms. The molecule has 3 nitrogen and oxygen atoms in total. The van der Waals surface area contributed by atoms with E-state index in [1.807, 2.05) is 12.1 Å². The normalized spacial score (nSPS) is 10.5. The van der Waals surface area contributed by atoms with E-state index in [0.29, 0.717) is 5.15 Å². The average molecular weight is 341 g/mol. The number of nitrogens with one attached hydrogen (secondary N) is 1. The highest BCUT2D eigenvalue weighted by Crippen LogP contribution is 2.28. The molecule has 0 radical (unpaired) electrons. The molecule has 5 heteroatoms. The van der Waals surface area contributed by atoms with E-state index in [9.17, 15) is 0 Å². The van der Waals surface area contributed by atoms with Crippen LogP contribution in [0, 0.1) is 6.92 Å². The van der Waals surface area contributed by atoms with Crippen molar-refractivity contribution >= 4 is 39.0 Å². The zero-order valence-electron chi connectivity index (χ0n) is 10.9. The molecule has 0 atom stereocenters. The molecular formula is C14H15BrClN3. The first-order chi connectivity index (χ1) is 9.11. The molecule has 2 rings (SSSR count). The third kappa shape index (κ3) is 3.45. The Bertz CT molecular complexity index is 587. The van der Waals surface area contributed by atoms with Crippen LogP contribution >= 0.6 is 27.5 Å². The number of anilines is 2. The lowest BCUT2D eigenvalue weighted by atomic mass is 10.1. The van der Waals surface area contributed by atoms with Gasteiger partial charge in [-0.25, -0.2) is 9.97 Å². The lowest BCUT2D eigenvalue weighted by Crippen LogP contribution is -2.02. The summed E-state index contributed by atoms with van der Waals surface area (Å²) < 4.78 is 1.03. The molecule has 1 aromatic carbocycles. The first kappa shape index (κ1) is 14.3. The number of nitrogens with zero attached hydrogens (tertiary/aromatic N) is 2. The topological polar surface area (TPSA) is 37.8 Å². The first-order valence-electron chi connectivity index (χ1n) is 6.14. The van der Waals surface area contributed by atoms with E-state index in [4.69, 9.17) is 11.6 Å². The van der Waals surface area contributed by atoms with Crippen LogP contribution in [-0.2, 0) is 6.42 Å². The largest absolute Gasteiger partial charge is 0.340 e. The highest BCUT2D eigenvalue weighted by atomic mass is 79.9. The van der Waals surface area contributed by atoms with Gasteiger partial charge in [0.2, 0.25) is 0 Å². The number of rotatable bonds is 4. The van der Waals surface area contributed by atoms with E-state index in [2.05, 4.69) is 51.1 Å². The van der Waals surface area contributed by atoms with Crippen LogP contribution in [0.2, 0.25) is 5.15 Å². The minimum atomic E-state index is 0.520. The lowest BCUT2D eigenvalue weighted by molar-refractivity contribution is 0.904. The van der Waals surface area contributed by atoms with Crippen LogP contribution in [0.5, 0.6) is 0 Å². The molecule has 1 aromatic heterocycles. The van der Waals surface area contributed by atoms with Crippen molar-refractivity contribution in [3.8, 4) is 0 Å². The molecule has 0 saturated heterocycles. The second-order valence-corrected chi connectivity index (χ2v) is 5.60. The van der Waals surface area contributed by atoms with Crippen LogP contribution in [0.1, 0.15) is 24.5 Å². The van der Waals surface area contributed by atoms with Crippen molar-refractivity contribution in [2.45, 2.75) is 26.7 Å². The van der Waals surface area contributed by atoms with Crippen molar-refractivity contribution < 1.29 is 0 Å². The first-order valence-corrected chi connectivity index (χ1v) is 7.31. The SMILES string of the molecule is CCCc1c(Cl)ncnc1Nc1cc(Br)ccc1C. The molecule has 1 heterocycles. The van der Waals surface area contributed by atoms with E-state index in [-0.39, 0.29) is 0 Å². The average Bonchev–Trinajstić information content (AvgIpc) is 2.38. The fourth-order valence-electron chi connectivity index (χ4n) is 1.83. The van der Waals surface area contributed by atoms with Crippen LogP contribution in [0.3, 0.4) is 0 Å². The maximum atomic E-state index is 6.15. The van der Waals surface area contributed by atoms with Crippen molar-refractivity contribution in [1.29, 1.82) is 0 Å². The van der Waals surface area contributed by atoms with Gasteiger partial charge in [0.15, 0.2) is 0 Å². The number of aryl methyl sites for hydroxylation is 1. The highest BCUT2D eigenvalue weighted by Gasteiger charge is 2.10. The van der Waals surface area contributed by atoms with Gasteiger partial charge in [0.25, 0.3) is 0 Å². The summed E-state index contributed by atoms with van der Waals surface area (Å²) in [6, 6.07) is 6.09. The molecule has 0 bridgehead atoms. The van der Waals surface area contributed by atoms with Gasteiger partial charge < -0.3 is 5.32 Å². The van der Waals surface area contributed by atoms with Gasteiger partial charge >= 0.3 is 0 Å². The molecule has 0 unspecified atom stereocenters. The summed E-state index contributed by atoms with van der Waals surface area (Å²) in [4.78, 5) is 8.35. The summed E-state index contributed by atoms with van der Waals surface area (Å²) in [5.41, 5.74) is 3.13. The van der Waals surface area contributed by atoms with Gasteiger partial charge in [-0.05, 0) is 31.0 Å². The molecule has 2 aromatic rings. The van der Waals surface area contributed by atoms with E-state index < -0.39 is 0 Å². The Hall–Kier alpha value is -1.13.